The summed E-state index contributed by atoms with van der Waals surface area (Å²) in [4.78, 5) is 19.0. The van der Waals surface area contributed by atoms with Crippen LogP contribution in [0.2, 0.25) is 0 Å². The summed E-state index contributed by atoms with van der Waals surface area (Å²) >= 11 is 0. The molecule has 2 unspecified atom stereocenters. The molecular formula is C17H25N3O3. The number of likely N-dealkylation sites (tertiary alicyclic amines) is 1. The Hall–Kier alpha value is -2.24. The minimum Gasteiger partial charge on any atom is -0.486 e. The predicted molar refractivity (Wildman–Crippen MR) is 89.0 cm³/mol. The third-order valence-corrected chi connectivity index (χ3v) is 3.72. The number of benzene rings is 1. The lowest BCUT2D eigenvalue weighted by Gasteiger charge is -2.34. The van der Waals surface area contributed by atoms with Crippen LogP contribution in [0, 0.1) is 11.8 Å². The summed E-state index contributed by atoms with van der Waals surface area (Å²) in [7, 11) is 0. The smallest absolute Gasteiger partial charge is 0.263 e. The average molecular weight is 319 g/mol. The van der Waals surface area contributed by atoms with E-state index in [0.29, 0.717) is 17.6 Å². The number of amidine groups is 1. The molecule has 1 aliphatic rings. The van der Waals surface area contributed by atoms with Gasteiger partial charge in [-0.05, 0) is 30.4 Å². The summed E-state index contributed by atoms with van der Waals surface area (Å²) in [5, 5.41) is 3.73. The van der Waals surface area contributed by atoms with E-state index in [-0.39, 0.29) is 25.0 Å². The second-order valence-electron chi connectivity index (χ2n) is 6.20. The van der Waals surface area contributed by atoms with Gasteiger partial charge in [0.15, 0.2) is 12.4 Å². The van der Waals surface area contributed by atoms with Crippen molar-refractivity contribution >= 4 is 11.7 Å². The van der Waals surface area contributed by atoms with E-state index in [1.165, 1.54) is 0 Å². The van der Waals surface area contributed by atoms with Gasteiger partial charge in [-0.1, -0.05) is 37.2 Å². The molecule has 1 aromatic carbocycles. The number of para-hydroxylation sites is 1. The number of ether oxygens (including phenoxy) is 1. The Kier molecular flexibility index (Phi) is 6.26. The summed E-state index contributed by atoms with van der Waals surface area (Å²) < 4.78 is 5.44. The first kappa shape index (κ1) is 17.1. The van der Waals surface area contributed by atoms with Crippen LogP contribution >= 0.6 is 0 Å². The predicted octanol–water partition coefficient (Wildman–Crippen LogP) is 1.86. The van der Waals surface area contributed by atoms with Gasteiger partial charge >= 0.3 is 0 Å². The zero-order valence-electron chi connectivity index (χ0n) is 13.8. The molecule has 23 heavy (non-hydrogen) atoms. The molecule has 0 spiro atoms. The second kappa shape index (κ2) is 8.41. The maximum Gasteiger partial charge on any atom is 0.263 e. The molecule has 1 saturated heterocycles. The molecule has 1 fully saturated rings. The third-order valence-electron chi connectivity index (χ3n) is 3.72. The Labute approximate surface area is 137 Å². The number of rotatable bonds is 6. The lowest BCUT2D eigenvalue weighted by Crippen LogP contribution is -2.44. The zero-order valence-corrected chi connectivity index (χ0v) is 13.8. The number of carbonyl (C=O) groups excluding carboxylic acids is 1. The van der Waals surface area contributed by atoms with Crippen LogP contribution in [0.1, 0.15) is 20.3 Å². The van der Waals surface area contributed by atoms with E-state index in [4.69, 9.17) is 15.3 Å². The summed E-state index contributed by atoms with van der Waals surface area (Å²) in [5.74, 6) is 1.90. The number of hydrogen-bond donors (Lipinski definition) is 1. The van der Waals surface area contributed by atoms with E-state index in [1.807, 2.05) is 35.2 Å². The zero-order chi connectivity index (χ0) is 16.7. The quantitative estimate of drug-likeness (QED) is 0.493. The van der Waals surface area contributed by atoms with Crippen LogP contribution in [0.25, 0.3) is 0 Å². The fraction of sp³-hybridized carbons (Fsp3) is 0.529. The van der Waals surface area contributed by atoms with Gasteiger partial charge in [-0.15, -0.1) is 0 Å². The molecule has 1 aromatic rings. The number of oxime groups is 1. The summed E-state index contributed by atoms with van der Waals surface area (Å²) in [6.45, 7) is 5.91. The summed E-state index contributed by atoms with van der Waals surface area (Å²) in [6.07, 6.45) is 1.16. The number of amides is 1. The van der Waals surface area contributed by atoms with Crippen molar-refractivity contribution in [2.24, 2.45) is 22.7 Å². The molecule has 6 nitrogen and oxygen atoms in total. The summed E-state index contributed by atoms with van der Waals surface area (Å²) in [6, 6.07) is 9.31. The van der Waals surface area contributed by atoms with Crippen molar-refractivity contribution in [3.05, 3.63) is 30.3 Å². The van der Waals surface area contributed by atoms with Crippen molar-refractivity contribution < 1.29 is 14.4 Å². The average Bonchev–Trinajstić information content (AvgIpc) is 2.53. The number of nitrogens with zero attached hydrogens (tertiary/aromatic N) is 2. The van der Waals surface area contributed by atoms with E-state index in [0.717, 1.165) is 19.5 Å². The highest BCUT2D eigenvalue weighted by atomic mass is 16.6. The first-order valence-electron chi connectivity index (χ1n) is 7.94. The SMILES string of the molecule is CC1CC(C)CN(C(=O)CO/N=C(\N)COc2ccccc2)C1. The molecule has 0 aliphatic carbocycles. The highest BCUT2D eigenvalue weighted by Gasteiger charge is 2.25. The van der Waals surface area contributed by atoms with Crippen LogP contribution in [0.4, 0.5) is 0 Å². The van der Waals surface area contributed by atoms with Gasteiger partial charge in [0.05, 0.1) is 0 Å². The van der Waals surface area contributed by atoms with Gasteiger partial charge in [-0.25, -0.2) is 0 Å². The highest BCUT2D eigenvalue weighted by Crippen LogP contribution is 2.20. The van der Waals surface area contributed by atoms with Gasteiger partial charge in [-0.3, -0.25) is 4.79 Å². The van der Waals surface area contributed by atoms with E-state index in [9.17, 15) is 4.79 Å². The lowest BCUT2D eigenvalue weighted by atomic mass is 9.92. The van der Waals surface area contributed by atoms with Crippen LogP contribution in [0.3, 0.4) is 0 Å². The number of hydrogen-bond acceptors (Lipinski definition) is 4. The van der Waals surface area contributed by atoms with Gasteiger partial charge in [0.2, 0.25) is 0 Å². The van der Waals surface area contributed by atoms with Crippen molar-refractivity contribution in [2.45, 2.75) is 20.3 Å². The van der Waals surface area contributed by atoms with E-state index < -0.39 is 0 Å². The van der Waals surface area contributed by atoms with Crippen LogP contribution in [-0.4, -0.2) is 42.9 Å². The Morgan fingerprint density at radius 2 is 1.87 bits per heavy atom. The van der Waals surface area contributed by atoms with Crippen LogP contribution in [0.5, 0.6) is 5.75 Å². The number of piperidine rings is 1. The fourth-order valence-electron chi connectivity index (χ4n) is 2.83. The molecule has 0 bridgehead atoms. The highest BCUT2D eigenvalue weighted by molar-refractivity contribution is 5.81. The first-order valence-corrected chi connectivity index (χ1v) is 7.94. The normalized spacial score (nSPS) is 21.8. The molecule has 0 radical (unpaired) electrons. The Balaban J connectivity index is 1.71. The number of nitrogens with two attached hydrogens (primary N) is 1. The Morgan fingerprint density at radius 1 is 1.22 bits per heavy atom. The van der Waals surface area contributed by atoms with Gasteiger partial charge < -0.3 is 20.2 Å². The fourth-order valence-corrected chi connectivity index (χ4v) is 2.83. The van der Waals surface area contributed by atoms with Crippen LogP contribution in [0.15, 0.2) is 35.5 Å². The third kappa shape index (κ3) is 5.81. The monoisotopic (exact) mass is 319 g/mol. The molecule has 6 heteroatoms. The molecule has 0 aromatic heterocycles. The molecule has 0 saturated carbocycles. The Bertz CT molecular complexity index is 523. The first-order chi connectivity index (χ1) is 11.0. The molecule has 1 heterocycles. The van der Waals surface area contributed by atoms with Crippen molar-refractivity contribution in [1.29, 1.82) is 0 Å². The summed E-state index contributed by atoms with van der Waals surface area (Å²) in [5.41, 5.74) is 5.71. The van der Waals surface area contributed by atoms with E-state index >= 15 is 0 Å². The maximum atomic E-state index is 12.1. The van der Waals surface area contributed by atoms with E-state index in [1.54, 1.807) is 0 Å². The van der Waals surface area contributed by atoms with Crippen molar-refractivity contribution in [3.63, 3.8) is 0 Å². The molecule has 1 aliphatic heterocycles. The van der Waals surface area contributed by atoms with E-state index in [2.05, 4.69) is 19.0 Å². The minimum atomic E-state index is -0.0918. The molecule has 2 rings (SSSR count). The van der Waals surface area contributed by atoms with Gasteiger partial charge in [0.25, 0.3) is 5.91 Å². The number of carbonyl (C=O) groups is 1. The largest absolute Gasteiger partial charge is 0.486 e. The molecule has 2 N–H and O–H groups in total. The van der Waals surface area contributed by atoms with Crippen LogP contribution < -0.4 is 10.5 Å². The van der Waals surface area contributed by atoms with Gasteiger partial charge in [0, 0.05) is 13.1 Å². The standard InChI is InChI=1S/C17H25N3O3/c1-13-8-14(2)10-20(9-13)17(21)12-23-19-16(18)11-22-15-6-4-3-5-7-15/h3-7,13-14H,8-12H2,1-2H3,(H2,18,19). The van der Waals surface area contributed by atoms with Gasteiger partial charge in [0.1, 0.15) is 12.4 Å². The van der Waals surface area contributed by atoms with Crippen molar-refractivity contribution in [1.82, 2.24) is 4.90 Å². The topological polar surface area (TPSA) is 77.2 Å². The second-order valence-corrected chi connectivity index (χ2v) is 6.20. The lowest BCUT2D eigenvalue weighted by molar-refractivity contribution is -0.138. The van der Waals surface area contributed by atoms with Crippen molar-refractivity contribution in [3.8, 4) is 5.75 Å². The molecular weight excluding hydrogens is 294 g/mol. The Morgan fingerprint density at radius 3 is 2.52 bits per heavy atom. The van der Waals surface area contributed by atoms with Gasteiger partial charge in [-0.2, -0.15) is 0 Å². The molecule has 1 amide bonds. The molecule has 126 valence electrons. The van der Waals surface area contributed by atoms with Crippen LogP contribution in [-0.2, 0) is 9.63 Å². The maximum absolute atomic E-state index is 12.1. The van der Waals surface area contributed by atoms with Crippen molar-refractivity contribution in [2.75, 3.05) is 26.3 Å². The molecule has 2 atom stereocenters. The minimum absolute atomic E-state index is 0.0519.